The van der Waals surface area contributed by atoms with Gasteiger partial charge in [0.25, 0.3) is 0 Å². The second-order valence-electron chi connectivity index (χ2n) is 6.10. The van der Waals surface area contributed by atoms with E-state index in [1.54, 1.807) is 0 Å². The Hall–Kier alpha value is -0.570. The summed E-state index contributed by atoms with van der Waals surface area (Å²) in [7, 11) is 0. The Kier molecular flexibility index (Phi) is 6.13. The number of hydrogen-bond donors (Lipinski definition) is 1. The van der Waals surface area contributed by atoms with Crippen molar-refractivity contribution in [2.75, 3.05) is 13.1 Å². The van der Waals surface area contributed by atoms with E-state index in [4.69, 9.17) is 0 Å². The van der Waals surface area contributed by atoms with Crippen LogP contribution in [0.25, 0.3) is 0 Å². The molecule has 1 heterocycles. The molecule has 2 unspecified atom stereocenters. The normalized spacial score (nSPS) is 24.9. The van der Waals surface area contributed by atoms with Crippen molar-refractivity contribution < 1.29 is 4.79 Å². The van der Waals surface area contributed by atoms with Gasteiger partial charge in [0.1, 0.15) is 0 Å². The number of nitrogens with one attached hydrogen (secondary N) is 1. The Bertz CT molecular complexity index is 261. The van der Waals surface area contributed by atoms with E-state index in [1.165, 1.54) is 0 Å². The minimum Gasteiger partial charge on any atom is -0.337 e. The third kappa shape index (κ3) is 3.98. The van der Waals surface area contributed by atoms with Gasteiger partial charge in [-0.15, -0.1) is 0 Å². The molecule has 1 saturated heterocycles. The molecule has 2 atom stereocenters. The molecule has 1 aliphatic rings. The van der Waals surface area contributed by atoms with Gasteiger partial charge < -0.3 is 10.2 Å². The maximum absolute atomic E-state index is 12.6. The van der Waals surface area contributed by atoms with Gasteiger partial charge in [0.05, 0.1) is 0 Å². The van der Waals surface area contributed by atoms with E-state index in [0.717, 1.165) is 32.4 Å². The van der Waals surface area contributed by atoms with Crippen LogP contribution in [-0.4, -0.2) is 36.0 Å². The zero-order valence-corrected chi connectivity index (χ0v) is 12.7. The SMILES string of the molecule is CCC(CC)C(=O)N1CC(C)NCC1CC(C)C. The van der Waals surface area contributed by atoms with E-state index in [2.05, 4.69) is 44.8 Å². The molecule has 1 fully saturated rings. The summed E-state index contributed by atoms with van der Waals surface area (Å²) < 4.78 is 0. The first-order valence-corrected chi connectivity index (χ1v) is 7.53. The van der Waals surface area contributed by atoms with E-state index < -0.39 is 0 Å². The molecule has 0 radical (unpaired) electrons. The van der Waals surface area contributed by atoms with Crippen molar-refractivity contribution in [2.24, 2.45) is 11.8 Å². The van der Waals surface area contributed by atoms with Gasteiger partial charge in [-0.3, -0.25) is 4.79 Å². The van der Waals surface area contributed by atoms with Crippen LogP contribution in [0.15, 0.2) is 0 Å². The van der Waals surface area contributed by atoms with Crippen molar-refractivity contribution >= 4 is 5.91 Å². The monoisotopic (exact) mass is 254 g/mol. The van der Waals surface area contributed by atoms with Gasteiger partial charge in [-0.2, -0.15) is 0 Å². The maximum atomic E-state index is 12.6. The molecule has 106 valence electrons. The average molecular weight is 254 g/mol. The summed E-state index contributed by atoms with van der Waals surface area (Å²) in [6.45, 7) is 12.7. The lowest BCUT2D eigenvalue weighted by molar-refractivity contribution is -0.140. The topological polar surface area (TPSA) is 32.3 Å². The second-order valence-corrected chi connectivity index (χ2v) is 6.10. The lowest BCUT2D eigenvalue weighted by Gasteiger charge is -2.41. The summed E-state index contributed by atoms with van der Waals surface area (Å²) in [5.41, 5.74) is 0. The summed E-state index contributed by atoms with van der Waals surface area (Å²) in [4.78, 5) is 14.7. The molecule has 1 N–H and O–H groups in total. The fraction of sp³-hybridized carbons (Fsp3) is 0.933. The molecule has 0 aliphatic carbocycles. The second kappa shape index (κ2) is 7.13. The van der Waals surface area contributed by atoms with Crippen LogP contribution in [0.3, 0.4) is 0 Å². The molecule has 18 heavy (non-hydrogen) atoms. The van der Waals surface area contributed by atoms with Gasteiger partial charge in [-0.1, -0.05) is 27.7 Å². The van der Waals surface area contributed by atoms with Crippen LogP contribution in [0.4, 0.5) is 0 Å². The Morgan fingerprint density at radius 1 is 1.33 bits per heavy atom. The van der Waals surface area contributed by atoms with Gasteiger partial charge in [0.2, 0.25) is 5.91 Å². The summed E-state index contributed by atoms with van der Waals surface area (Å²) >= 11 is 0. The first kappa shape index (κ1) is 15.5. The van der Waals surface area contributed by atoms with Gasteiger partial charge in [0, 0.05) is 31.1 Å². The van der Waals surface area contributed by atoms with Crippen molar-refractivity contribution in [3.05, 3.63) is 0 Å². The predicted octanol–water partition coefficient (Wildman–Crippen LogP) is 2.66. The minimum absolute atomic E-state index is 0.213. The van der Waals surface area contributed by atoms with Crippen molar-refractivity contribution in [1.82, 2.24) is 10.2 Å². The Morgan fingerprint density at radius 3 is 2.44 bits per heavy atom. The summed E-state index contributed by atoms with van der Waals surface area (Å²) in [6.07, 6.45) is 3.02. The van der Waals surface area contributed by atoms with Crippen LogP contribution in [-0.2, 0) is 4.79 Å². The van der Waals surface area contributed by atoms with E-state index >= 15 is 0 Å². The van der Waals surface area contributed by atoms with E-state index in [-0.39, 0.29) is 5.92 Å². The molecule has 3 heteroatoms. The Balaban J connectivity index is 2.74. The molecule has 0 bridgehead atoms. The zero-order chi connectivity index (χ0) is 13.7. The highest BCUT2D eigenvalue weighted by atomic mass is 16.2. The maximum Gasteiger partial charge on any atom is 0.226 e. The smallest absolute Gasteiger partial charge is 0.226 e. The largest absolute Gasteiger partial charge is 0.337 e. The van der Waals surface area contributed by atoms with Gasteiger partial charge in [-0.05, 0) is 32.1 Å². The van der Waals surface area contributed by atoms with E-state index in [1.807, 2.05) is 0 Å². The number of piperazine rings is 1. The average Bonchev–Trinajstić information content (AvgIpc) is 2.32. The molecule has 1 amide bonds. The highest BCUT2D eigenvalue weighted by molar-refractivity contribution is 5.79. The molecule has 0 aromatic carbocycles. The lowest BCUT2D eigenvalue weighted by atomic mass is 9.95. The fourth-order valence-electron chi connectivity index (χ4n) is 2.85. The molecule has 0 spiro atoms. The first-order chi connectivity index (χ1) is 8.49. The van der Waals surface area contributed by atoms with E-state index in [0.29, 0.717) is 23.9 Å². The number of nitrogens with zero attached hydrogens (tertiary/aromatic N) is 1. The number of carbonyl (C=O) groups is 1. The summed E-state index contributed by atoms with van der Waals surface area (Å²) in [5, 5.41) is 3.50. The molecular formula is C15H30N2O. The Labute approximate surface area is 112 Å². The van der Waals surface area contributed by atoms with Crippen LogP contribution >= 0.6 is 0 Å². The molecule has 0 saturated carbocycles. The molecule has 0 aromatic rings. The molecule has 3 nitrogen and oxygen atoms in total. The third-order valence-electron chi connectivity index (χ3n) is 3.97. The van der Waals surface area contributed by atoms with Crippen molar-refractivity contribution in [2.45, 2.75) is 66.0 Å². The van der Waals surface area contributed by atoms with Crippen molar-refractivity contribution in [3.63, 3.8) is 0 Å². The van der Waals surface area contributed by atoms with Crippen molar-refractivity contribution in [3.8, 4) is 0 Å². The van der Waals surface area contributed by atoms with Crippen LogP contribution in [0.1, 0.15) is 53.9 Å². The summed E-state index contributed by atoms with van der Waals surface area (Å²) in [6, 6.07) is 0.807. The van der Waals surface area contributed by atoms with Crippen LogP contribution in [0, 0.1) is 11.8 Å². The predicted molar refractivity (Wildman–Crippen MR) is 76.5 cm³/mol. The van der Waals surface area contributed by atoms with Gasteiger partial charge >= 0.3 is 0 Å². The number of hydrogen-bond acceptors (Lipinski definition) is 2. The minimum atomic E-state index is 0.213. The number of rotatable bonds is 5. The number of amides is 1. The molecule has 0 aromatic heterocycles. The number of carbonyl (C=O) groups excluding carboxylic acids is 1. The highest BCUT2D eigenvalue weighted by Crippen LogP contribution is 2.20. The highest BCUT2D eigenvalue weighted by Gasteiger charge is 2.32. The van der Waals surface area contributed by atoms with Crippen LogP contribution < -0.4 is 5.32 Å². The third-order valence-corrected chi connectivity index (χ3v) is 3.97. The lowest BCUT2D eigenvalue weighted by Crippen LogP contribution is -2.58. The zero-order valence-electron chi connectivity index (χ0n) is 12.7. The standard InChI is InChI=1S/C15H30N2O/c1-6-13(7-2)15(18)17-10-12(5)16-9-14(17)8-11(3)4/h11-14,16H,6-10H2,1-5H3. The van der Waals surface area contributed by atoms with E-state index in [9.17, 15) is 4.79 Å². The summed E-state index contributed by atoms with van der Waals surface area (Å²) in [5.74, 6) is 1.23. The quantitative estimate of drug-likeness (QED) is 0.818. The molecule has 1 aliphatic heterocycles. The molecule has 1 rings (SSSR count). The van der Waals surface area contributed by atoms with Gasteiger partial charge in [-0.25, -0.2) is 0 Å². The van der Waals surface area contributed by atoms with Crippen LogP contribution in [0.2, 0.25) is 0 Å². The molecular weight excluding hydrogens is 224 g/mol. The first-order valence-electron chi connectivity index (χ1n) is 7.53. The fourth-order valence-corrected chi connectivity index (χ4v) is 2.85. The Morgan fingerprint density at radius 2 is 1.94 bits per heavy atom. The van der Waals surface area contributed by atoms with Gasteiger partial charge in [0.15, 0.2) is 0 Å². The van der Waals surface area contributed by atoms with Crippen molar-refractivity contribution in [1.29, 1.82) is 0 Å². The van der Waals surface area contributed by atoms with Crippen LogP contribution in [0.5, 0.6) is 0 Å².